The van der Waals surface area contributed by atoms with E-state index < -0.39 is 23.8 Å². The summed E-state index contributed by atoms with van der Waals surface area (Å²) < 4.78 is 42.3. The molecule has 106 valence electrons. The predicted octanol–water partition coefficient (Wildman–Crippen LogP) is 1.27. The number of H-pyrrole nitrogens is 1. The molecule has 0 aliphatic carbocycles. The van der Waals surface area contributed by atoms with Crippen LogP contribution in [-0.2, 0) is 15.7 Å². The number of carbonyl (C=O) groups excluding carboxylic acids is 1. The highest BCUT2D eigenvalue weighted by Gasteiger charge is 2.31. The number of nitrogens with one attached hydrogen (secondary N) is 1. The fourth-order valence-electron chi connectivity index (χ4n) is 1.43. The number of alkyl halides is 3. The van der Waals surface area contributed by atoms with Crippen molar-refractivity contribution in [3.8, 4) is 0 Å². The Morgan fingerprint density at radius 1 is 1.40 bits per heavy atom. The summed E-state index contributed by atoms with van der Waals surface area (Å²) in [4.78, 5) is 14.7. The number of halogens is 3. The van der Waals surface area contributed by atoms with Crippen molar-refractivity contribution in [1.82, 2.24) is 25.6 Å². The smallest absolute Gasteiger partial charge is 0.417 e. The first kappa shape index (κ1) is 13.9. The molecule has 2 rings (SSSR count). The third-order valence-electron chi connectivity index (χ3n) is 2.28. The number of hydrogen-bond acceptors (Lipinski definition) is 6. The Kier molecular flexibility index (Phi) is 3.63. The van der Waals surface area contributed by atoms with Crippen molar-refractivity contribution in [2.75, 3.05) is 0 Å². The largest absolute Gasteiger partial charge is 0.448 e. The molecule has 1 atom stereocenters. The van der Waals surface area contributed by atoms with E-state index in [2.05, 4.69) is 25.6 Å². The Bertz CT molecular complexity index is 582. The molecule has 0 bridgehead atoms. The van der Waals surface area contributed by atoms with Gasteiger partial charge in [-0.25, -0.2) is 5.10 Å². The molecule has 0 aliphatic rings. The molecular weight excluding hydrogens is 279 g/mol. The monoisotopic (exact) mass is 287 g/mol. The van der Waals surface area contributed by atoms with Crippen LogP contribution in [0.4, 0.5) is 13.2 Å². The summed E-state index contributed by atoms with van der Waals surface area (Å²) in [5.41, 5.74) is -0.828. The van der Waals surface area contributed by atoms with E-state index in [0.29, 0.717) is 6.20 Å². The number of hydrogen-bond donors (Lipinski definition) is 1. The quantitative estimate of drug-likeness (QED) is 0.854. The van der Waals surface area contributed by atoms with Gasteiger partial charge in [0.2, 0.25) is 6.10 Å². The summed E-state index contributed by atoms with van der Waals surface area (Å²) in [7, 11) is 0. The van der Waals surface area contributed by atoms with Crippen LogP contribution in [0, 0.1) is 0 Å². The molecule has 2 heterocycles. The molecule has 7 nitrogen and oxygen atoms in total. The molecule has 0 radical (unpaired) electrons. The lowest BCUT2D eigenvalue weighted by Gasteiger charge is -2.14. The SMILES string of the molecule is CC(=O)OC(c1ccc(C(F)(F)F)cn1)c1nnn[nH]1. The van der Waals surface area contributed by atoms with Gasteiger partial charge in [0.1, 0.15) is 0 Å². The molecule has 0 fully saturated rings. The zero-order valence-corrected chi connectivity index (χ0v) is 10.0. The van der Waals surface area contributed by atoms with Crippen molar-refractivity contribution in [2.24, 2.45) is 0 Å². The molecule has 2 aromatic rings. The van der Waals surface area contributed by atoms with Crippen molar-refractivity contribution in [3.63, 3.8) is 0 Å². The maximum atomic E-state index is 12.4. The van der Waals surface area contributed by atoms with Gasteiger partial charge in [0.05, 0.1) is 11.3 Å². The molecule has 0 saturated carbocycles. The maximum Gasteiger partial charge on any atom is 0.417 e. The Labute approximate surface area is 110 Å². The highest BCUT2D eigenvalue weighted by molar-refractivity contribution is 5.66. The molecule has 0 aromatic carbocycles. The standard InChI is InChI=1S/C10H8F3N5O2/c1-5(19)20-8(9-15-17-18-16-9)7-3-2-6(4-14-7)10(11,12)13/h2-4,8H,1H3,(H,15,16,17,18). The number of aromatic amines is 1. The lowest BCUT2D eigenvalue weighted by Crippen LogP contribution is -2.14. The van der Waals surface area contributed by atoms with Gasteiger partial charge < -0.3 is 4.74 Å². The molecule has 0 saturated heterocycles. The summed E-state index contributed by atoms with van der Waals surface area (Å²) in [6, 6.07) is 1.93. The molecule has 10 heteroatoms. The Balaban J connectivity index is 2.32. The average Bonchev–Trinajstić information content (AvgIpc) is 2.88. The minimum Gasteiger partial charge on any atom is -0.448 e. The second-order valence-corrected chi connectivity index (χ2v) is 3.75. The van der Waals surface area contributed by atoms with Crippen LogP contribution in [0.1, 0.15) is 30.1 Å². The highest BCUT2D eigenvalue weighted by atomic mass is 19.4. The molecule has 2 aromatic heterocycles. The first-order chi connectivity index (χ1) is 9.38. The van der Waals surface area contributed by atoms with E-state index in [9.17, 15) is 18.0 Å². The van der Waals surface area contributed by atoms with Crippen molar-refractivity contribution in [3.05, 3.63) is 35.4 Å². The second kappa shape index (κ2) is 5.23. The molecule has 0 amide bonds. The van der Waals surface area contributed by atoms with Crippen molar-refractivity contribution >= 4 is 5.97 Å². The molecule has 0 aliphatic heterocycles. The van der Waals surface area contributed by atoms with Gasteiger partial charge in [-0.1, -0.05) is 0 Å². The Morgan fingerprint density at radius 2 is 2.15 bits per heavy atom. The number of tetrazole rings is 1. The summed E-state index contributed by atoms with van der Waals surface area (Å²) in [5, 5.41) is 12.6. The average molecular weight is 287 g/mol. The van der Waals surface area contributed by atoms with Crippen LogP contribution in [-0.4, -0.2) is 31.6 Å². The highest BCUT2D eigenvalue weighted by Crippen LogP contribution is 2.30. The number of pyridine rings is 1. The maximum absolute atomic E-state index is 12.4. The van der Waals surface area contributed by atoms with Crippen LogP contribution >= 0.6 is 0 Å². The number of esters is 1. The lowest BCUT2D eigenvalue weighted by atomic mass is 10.2. The summed E-state index contributed by atoms with van der Waals surface area (Å²) in [6.45, 7) is 1.15. The number of aromatic nitrogens is 5. The van der Waals surface area contributed by atoms with Crippen molar-refractivity contribution in [1.29, 1.82) is 0 Å². The summed E-state index contributed by atoms with van der Waals surface area (Å²) in [5.74, 6) is -0.583. The zero-order valence-electron chi connectivity index (χ0n) is 10.0. The van der Waals surface area contributed by atoms with Gasteiger partial charge in [0, 0.05) is 13.1 Å². The van der Waals surface area contributed by atoms with Crippen LogP contribution in [0.25, 0.3) is 0 Å². The first-order valence-electron chi connectivity index (χ1n) is 5.32. The van der Waals surface area contributed by atoms with Gasteiger partial charge in [-0.15, -0.1) is 5.10 Å². The van der Waals surface area contributed by atoms with Crippen molar-refractivity contribution < 1.29 is 22.7 Å². The number of rotatable bonds is 3. The number of ether oxygens (including phenoxy) is 1. The number of carbonyl (C=O) groups is 1. The van der Waals surface area contributed by atoms with Crippen molar-refractivity contribution in [2.45, 2.75) is 19.2 Å². The van der Waals surface area contributed by atoms with E-state index in [1.165, 1.54) is 0 Å². The van der Waals surface area contributed by atoms with Crippen LogP contribution in [0.5, 0.6) is 0 Å². The molecule has 20 heavy (non-hydrogen) atoms. The second-order valence-electron chi connectivity index (χ2n) is 3.75. The molecule has 1 N–H and O–H groups in total. The molecule has 1 unspecified atom stereocenters. The predicted molar refractivity (Wildman–Crippen MR) is 57.0 cm³/mol. The third-order valence-corrected chi connectivity index (χ3v) is 2.28. The fourth-order valence-corrected chi connectivity index (χ4v) is 1.43. The minimum absolute atomic E-state index is 0.0625. The minimum atomic E-state index is -4.49. The van der Waals surface area contributed by atoms with E-state index in [0.717, 1.165) is 19.1 Å². The van der Waals surface area contributed by atoms with E-state index >= 15 is 0 Å². The summed E-state index contributed by atoms with van der Waals surface area (Å²) >= 11 is 0. The van der Waals surface area contributed by atoms with E-state index in [1.54, 1.807) is 0 Å². The number of nitrogens with zero attached hydrogens (tertiary/aromatic N) is 4. The van der Waals surface area contributed by atoms with E-state index in [-0.39, 0.29) is 11.5 Å². The lowest BCUT2D eigenvalue weighted by molar-refractivity contribution is -0.145. The van der Waals surface area contributed by atoms with Gasteiger partial charge in [-0.2, -0.15) is 13.2 Å². The summed E-state index contributed by atoms with van der Waals surface area (Å²) in [6.07, 6.45) is -4.93. The van der Waals surface area contributed by atoms with Crippen LogP contribution < -0.4 is 0 Å². The van der Waals surface area contributed by atoms with Gasteiger partial charge in [-0.05, 0) is 22.6 Å². The Morgan fingerprint density at radius 3 is 2.60 bits per heavy atom. The van der Waals surface area contributed by atoms with Gasteiger partial charge >= 0.3 is 12.1 Å². The molecular formula is C10H8F3N5O2. The Hall–Kier alpha value is -2.52. The van der Waals surface area contributed by atoms with Crippen LogP contribution in [0.15, 0.2) is 18.3 Å². The first-order valence-corrected chi connectivity index (χ1v) is 5.32. The topological polar surface area (TPSA) is 93.7 Å². The third kappa shape index (κ3) is 3.08. The fraction of sp³-hybridized carbons (Fsp3) is 0.300. The van der Waals surface area contributed by atoms with Gasteiger partial charge in [0.25, 0.3) is 0 Å². The zero-order chi connectivity index (χ0) is 14.8. The van der Waals surface area contributed by atoms with E-state index in [4.69, 9.17) is 4.74 Å². The van der Waals surface area contributed by atoms with E-state index in [1.807, 2.05) is 0 Å². The van der Waals surface area contributed by atoms with Gasteiger partial charge in [-0.3, -0.25) is 9.78 Å². The molecule has 0 spiro atoms. The normalized spacial score (nSPS) is 13.0. The van der Waals surface area contributed by atoms with Gasteiger partial charge in [0.15, 0.2) is 5.82 Å². The van der Waals surface area contributed by atoms with Crippen LogP contribution in [0.2, 0.25) is 0 Å². The van der Waals surface area contributed by atoms with Crippen LogP contribution in [0.3, 0.4) is 0 Å².